The van der Waals surface area contributed by atoms with E-state index in [2.05, 4.69) is 37.2 Å². The molecule has 10 heteroatoms. The van der Waals surface area contributed by atoms with Crippen molar-refractivity contribution in [3.63, 3.8) is 0 Å². The molecule has 1 aliphatic heterocycles. The van der Waals surface area contributed by atoms with Crippen molar-refractivity contribution in [2.24, 2.45) is 12.0 Å². The standard InChI is InChI=1S/C28H22Br2N4O3S/c1-16-3-7-19(8-4-16)38(36,37)34-15-22(20-9-5-18(30)12-26(20)34)24-13-31-27(28(35)32-24)23-14-33(2)25-11-17(29)6-10-21(23)25/h3-12,14-15,24H,13H2,1-2H3,(H,32,35). The Morgan fingerprint density at radius 2 is 1.58 bits per heavy atom. The van der Waals surface area contributed by atoms with Crippen LogP contribution in [0.5, 0.6) is 0 Å². The number of rotatable bonds is 4. The molecule has 2 aromatic heterocycles. The van der Waals surface area contributed by atoms with E-state index in [1.54, 1.807) is 36.5 Å². The van der Waals surface area contributed by atoms with Crippen LogP contribution in [-0.4, -0.2) is 35.1 Å². The number of carbonyl (C=O) groups excluding carboxylic acids is 1. The molecule has 3 aromatic carbocycles. The van der Waals surface area contributed by atoms with Crippen LogP contribution in [0.1, 0.15) is 22.7 Å². The van der Waals surface area contributed by atoms with Crippen LogP contribution in [-0.2, 0) is 21.9 Å². The monoisotopic (exact) mass is 652 g/mol. The van der Waals surface area contributed by atoms with E-state index in [0.717, 1.165) is 36.4 Å². The summed E-state index contributed by atoms with van der Waals surface area (Å²) in [7, 11) is -1.93. The summed E-state index contributed by atoms with van der Waals surface area (Å²) in [6.45, 7) is 2.20. The number of halogens is 2. The molecule has 0 saturated heterocycles. The van der Waals surface area contributed by atoms with Crippen molar-refractivity contribution >= 4 is 75.3 Å². The number of aliphatic imine (C=N–C) groups is 1. The van der Waals surface area contributed by atoms with Gasteiger partial charge < -0.3 is 9.88 Å². The second-order valence-corrected chi connectivity index (χ2v) is 13.0. The molecule has 0 saturated carbocycles. The number of benzene rings is 3. The minimum absolute atomic E-state index is 0.196. The zero-order valence-electron chi connectivity index (χ0n) is 20.4. The number of nitrogens with one attached hydrogen (secondary N) is 1. The fourth-order valence-electron chi connectivity index (χ4n) is 4.95. The molecular formula is C28H22Br2N4O3S. The highest BCUT2D eigenvalue weighted by Gasteiger charge is 2.30. The van der Waals surface area contributed by atoms with E-state index in [1.807, 2.05) is 55.1 Å². The van der Waals surface area contributed by atoms with Crippen molar-refractivity contribution in [3.05, 3.63) is 98.7 Å². The normalized spacial score (nSPS) is 16.2. The van der Waals surface area contributed by atoms with E-state index in [1.165, 1.54) is 3.97 Å². The van der Waals surface area contributed by atoms with Gasteiger partial charge in [0.2, 0.25) is 0 Å². The number of aromatic nitrogens is 2. The van der Waals surface area contributed by atoms with Gasteiger partial charge in [-0.1, -0.05) is 61.7 Å². The Bertz CT molecular complexity index is 1900. The second-order valence-electron chi connectivity index (χ2n) is 9.39. The Balaban J connectivity index is 1.43. The van der Waals surface area contributed by atoms with E-state index in [4.69, 9.17) is 4.99 Å². The summed E-state index contributed by atoms with van der Waals surface area (Å²) >= 11 is 6.97. The van der Waals surface area contributed by atoms with E-state index in [-0.39, 0.29) is 17.3 Å². The molecule has 38 heavy (non-hydrogen) atoms. The van der Waals surface area contributed by atoms with Gasteiger partial charge in [-0.05, 0) is 43.3 Å². The Morgan fingerprint density at radius 1 is 0.921 bits per heavy atom. The molecular weight excluding hydrogens is 632 g/mol. The number of hydrogen-bond acceptors (Lipinski definition) is 4. The molecule has 1 aliphatic rings. The topological polar surface area (TPSA) is 85.5 Å². The highest BCUT2D eigenvalue weighted by atomic mass is 79.9. The van der Waals surface area contributed by atoms with E-state index < -0.39 is 16.1 Å². The molecule has 1 unspecified atom stereocenters. The largest absolute Gasteiger partial charge is 0.350 e. The molecule has 5 aromatic rings. The lowest BCUT2D eigenvalue weighted by Gasteiger charge is -2.22. The van der Waals surface area contributed by atoms with Crippen LogP contribution >= 0.6 is 31.9 Å². The third-order valence-electron chi connectivity index (χ3n) is 6.88. The molecule has 1 atom stereocenters. The molecule has 7 nitrogen and oxygen atoms in total. The Morgan fingerprint density at radius 3 is 2.26 bits per heavy atom. The van der Waals surface area contributed by atoms with Crippen LogP contribution in [0.3, 0.4) is 0 Å². The van der Waals surface area contributed by atoms with Crippen LogP contribution in [0.15, 0.2) is 91.9 Å². The molecule has 1 amide bonds. The first-order valence-corrected chi connectivity index (χ1v) is 14.9. The summed E-state index contributed by atoms with van der Waals surface area (Å²) in [5.74, 6) is -0.295. The first kappa shape index (κ1) is 25.1. The summed E-state index contributed by atoms with van der Waals surface area (Å²) in [5.41, 5.74) is 4.32. The molecule has 0 aliphatic carbocycles. The second kappa shape index (κ2) is 9.21. The first-order chi connectivity index (χ1) is 18.1. The fourth-order valence-corrected chi connectivity index (χ4v) is 7.02. The molecule has 1 N–H and O–H groups in total. The summed E-state index contributed by atoms with van der Waals surface area (Å²) in [4.78, 5) is 18.2. The average Bonchev–Trinajstić information content (AvgIpc) is 3.42. The molecule has 0 spiro atoms. The Hall–Kier alpha value is -3.21. The quantitative estimate of drug-likeness (QED) is 0.264. The smallest absolute Gasteiger partial charge is 0.270 e. The lowest BCUT2D eigenvalue weighted by molar-refractivity contribution is -0.115. The third-order valence-corrected chi connectivity index (χ3v) is 9.55. The van der Waals surface area contributed by atoms with E-state index in [0.29, 0.717) is 16.8 Å². The van der Waals surface area contributed by atoms with E-state index >= 15 is 0 Å². The molecule has 6 rings (SSSR count). The maximum absolute atomic E-state index is 13.6. The number of nitrogens with zero attached hydrogens (tertiary/aromatic N) is 3. The number of hydrogen-bond donors (Lipinski definition) is 1. The highest BCUT2D eigenvalue weighted by molar-refractivity contribution is 9.10. The van der Waals surface area contributed by atoms with Crippen molar-refractivity contribution in [2.45, 2.75) is 17.9 Å². The SMILES string of the molecule is Cc1ccc(S(=O)(=O)n2cc(C3CN=C(c4cn(C)c5cc(Br)ccc45)C(=O)N3)c3ccc(Br)cc32)cc1. The maximum Gasteiger partial charge on any atom is 0.270 e. The predicted octanol–water partition coefficient (Wildman–Crippen LogP) is 5.86. The van der Waals surface area contributed by atoms with Gasteiger partial charge in [-0.3, -0.25) is 9.79 Å². The average molecular weight is 654 g/mol. The Kier molecular flexibility index (Phi) is 6.08. The van der Waals surface area contributed by atoms with Gasteiger partial charge in [0.05, 0.1) is 23.0 Å². The van der Waals surface area contributed by atoms with Crippen LogP contribution in [0.2, 0.25) is 0 Å². The third kappa shape index (κ3) is 4.11. The van der Waals surface area contributed by atoms with Gasteiger partial charge in [-0.25, -0.2) is 12.4 Å². The van der Waals surface area contributed by atoms with Gasteiger partial charge in [0.1, 0.15) is 5.71 Å². The Labute approximate surface area is 236 Å². The van der Waals surface area contributed by atoms with Crippen molar-refractivity contribution in [2.75, 3.05) is 6.54 Å². The lowest BCUT2D eigenvalue weighted by atomic mass is 10.0. The minimum Gasteiger partial charge on any atom is -0.350 e. The number of aryl methyl sites for hydroxylation is 2. The van der Waals surface area contributed by atoms with Gasteiger partial charge in [0.15, 0.2) is 0 Å². The molecule has 0 radical (unpaired) electrons. The van der Waals surface area contributed by atoms with Crippen LogP contribution in [0.4, 0.5) is 0 Å². The van der Waals surface area contributed by atoms with Gasteiger partial charge in [0, 0.05) is 55.8 Å². The zero-order chi connectivity index (χ0) is 26.8. The van der Waals surface area contributed by atoms with Crippen molar-refractivity contribution < 1.29 is 13.2 Å². The lowest BCUT2D eigenvalue weighted by Crippen LogP contribution is -2.40. The van der Waals surface area contributed by atoms with Crippen molar-refractivity contribution in [3.8, 4) is 0 Å². The summed E-state index contributed by atoms with van der Waals surface area (Å²) in [6, 6.07) is 17.7. The minimum atomic E-state index is -3.87. The van der Waals surface area contributed by atoms with Crippen LogP contribution < -0.4 is 5.32 Å². The molecule has 3 heterocycles. The van der Waals surface area contributed by atoms with Crippen LogP contribution in [0.25, 0.3) is 21.8 Å². The number of fused-ring (bicyclic) bond motifs is 2. The molecule has 192 valence electrons. The maximum atomic E-state index is 13.6. The van der Waals surface area contributed by atoms with Crippen molar-refractivity contribution in [1.29, 1.82) is 0 Å². The van der Waals surface area contributed by atoms with Gasteiger partial charge in [-0.2, -0.15) is 0 Å². The summed E-state index contributed by atoms with van der Waals surface area (Å²) in [6.07, 6.45) is 3.51. The zero-order valence-corrected chi connectivity index (χ0v) is 24.4. The molecule has 0 fully saturated rings. The van der Waals surface area contributed by atoms with Gasteiger partial charge >= 0.3 is 0 Å². The van der Waals surface area contributed by atoms with Gasteiger partial charge in [-0.15, -0.1) is 0 Å². The molecule has 0 bridgehead atoms. The predicted molar refractivity (Wildman–Crippen MR) is 156 cm³/mol. The summed E-state index contributed by atoms with van der Waals surface area (Å²) in [5, 5.41) is 4.75. The first-order valence-electron chi connectivity index (χ1n) is 11.9. The van der Waals surface area contributed by atoms with Gasteiger partial charge in [0.25, 0.3) is 15.9 Å². The van der Waals surface area contributed by atoms with Crippen LogP contribution in [0, 0.1) is 6.92 Å². The fraction of sp³-hybridized carbons (Fsp3) is 0.143. The number of carbonyl (C=O) groups is 1. The van der Waals surface area contributed by atoms with E-state index in [9.17, 15) is 13.2 Å². The highest BCUT2D eigenvalue weighted by Crippen LogP contribution is 2.34. The summed E-state index contributed by atoms with van der Waals surface area (Å²) < 4.78 is 32.3. The number of amides is 1. The van der Waals surface area contributed by atoms with Crippen molar-refractivity contribution in [1.82, 2.24) is 13.9 Å².